The molecule has 0 atom stereocenters. The fraction of sp³-hybridized carbons (Fsp3) is 0.636. The molecular weight excluding hydrogens is 188 g/mol. The smallest absolute Gasteiger partial charge is 0.144 e. The van der Waals surface area contributed by atoms with Crippen molar-refractivity contribution in [1.82, 2.24) is 15.3 Å². The molecule has 1 aromatic heterocycles. The summed E-state index contributed by atoms with van der Waals surface area (Å²) in [6.07, 6.45) is 3.58. The number of anilines is 1. The van der Waals surface area contributed by atoms with Crippen molar-refractivity contribution in [2.24, 2.45) is 5.92 Å². The minimum atomic E-state index is 0.666. The summed E-state index contributed by atoms with van der Waals surface area (Å²) in [7, 11) is 0. The van der Waals surface area contributed by atoms with Crippen LogP contribution in [-0.2, 0) is 6.54 Å². The molecule has 0 saturated heterocycles. The first-order valence-corrected chi connectivity index (χ1v) is 5.48. The van der Waals surface area contributed by atoms with Crippen molar-refractivity contribution in [3.63, 3.8) is 0 Å². The van der Waals surface area contributed by atoms with Crippen LogP contribution in [-0.4, -0.2) is 23.1 Å². The van der Waals surface area contributed by atoms with Gasteiger partial charge in [0, 0.05) is 13.1 Å². The third-order valence-corrected chi connectivity index (χ3v) is 1.92. The Bertz CT molecular complexity index is 268. The monoisotopic (exact) mass is 208 g/mol. The summed E-state index contributed by atoms with van der Waals surface area (Å²) in [6, 6.07) is 0. The van der Waals surface area contributed by atoms with Gasteiger partial charge in [0.25, 0.3) is 0 Å². The maximum atomic E-state index is 4.31. The maximum absolute atomic E-state index is 4.31. The minimum Gasteiger partial charge on any atom is -0.369 e. The van der Waals surface area contributed by atoms with Gasteiger partial charge in [0.2, 0.25) is 0 Å². The SMILES string of the molecule is CCNc1cnc(CNCC(C)C)cn1. The fourth-order valence-corrected chi connectivity index (χ4v) is 1.21. The van der Waals surface area contributed by atoms with Crippen LogP contribution in [0.5, 0.6) is 0 Å². The Morgan fingerprint density at radius 3 is 2.60 bits per heavy atom. The largest absolute Gasteiger partial charge is 0.369 e. The molecule has 1 heterocycles. The van der Waals surface area contributed by atoms with E-state index in [-0.39, 0.29) is 0 Å². The molecule has 0 amide bonds. The first kappa shape index (κ1) is 11.9. The molecule has 15 heavy (non-hydrogen) atoms. The van der Waals surface area contributed by atoms with Crippen LogP contribution in [0.4, 0.5) is 5.82 Å². The summed E-state index contributed by atoms with van der Waals surface area (Å²) in [5, 5.41) is 6.44. The Balaban J connectivity index is 2.36. The number of rotatable bonds is 6. The molecule has 0 aliphatic heterocycles. The van der Waals surface area contributed by atoms with E-state index in [0.717, 1.165) is 31.1 Å². The van der Waals surface area contributed by atoms with Crippen LogP contribution in [0.15, 0.2) is 12.4 Å². The third-order valence-electron chi connectivity index (χ3n) is 1.92. The van der Waals surface area contributed by atoms with Gasteiger partial charge in [-0.05, 0) is 19.4 Å². The average Bonchev–Trinajstić information content (AvgIpc) is 2.20. The number of hydrogen-bond donors (Lipinski definition) is 2. The van der Waals surface area contributed by atoms with Gasteiger partial charge in [-0.3, -0.25) is 4.98 Å². The van der Waals surface area contributed by atoms with Crippen molar-refractivity contribution in [3.8, 4) is 0 Å². The predicted molar refractivity (Wildman–Crippen MR) is 62.7 cm³/mol. The van der Waals surface area contributed by atoms with Crippen molar-refractivity contribution in [2.45, 2.75) is 27.3 Å². The van der Waals surface area contributed by atoms with Gasteiger partial charge in [0.05, 0.1) is 18.1 Å². The van der Waals surface area contributed by atoms with E-state index in [1.54, 1.807) is 6.20 Å². The highest BCUT2D eigenvalue weighted by molar-refractivity contribution is 5.30. The number of aromatic nitrogens is 2. The second-order valence-electron chi connectivity index (χ2n) is 3.95. The lowest BCUT2D eigenvalue weighted by molar-refractivity contribution is 0.547. The van der Waals surface area contributed by atoms with Crippen LogP contribution in [0.1, 0.15) is 26.5 Å². The lowest BCUT2D eigenvalue weighted by atomic mass is 10.2. The van der Waals surface area contributed by atoms with Gasteiger partial charge in [0.15, 0.2) is 0 Å². The molecule has 4 nitrogen and oxygen atoms in total. The van der Waals surface area contributed by atoms with Gasteiger partial charge in [-0.15, -0.1) is 0 Å². The molecule has 1 aromatic rings. The standard InChI is InChI=1S/C11H20N4/c1-4-13-11-8-14-10(7-15-11)6-12-5-9(2)3/h7-9,12H,4-6H2,1-3H3,(H,13,15). The van der Waals surface area contributed by atoms with Crippen LogP contribution in [0.3, 0.4) is 0 Å². The Labute approximate surface area is 91.5 Å². The number of nitrogens with zero attached hydrogens (tertiary/aromatic N) is 2. The highest BCUT2D eigenvalue weighted by Gasteiger charge is 1.97. The van der Waals surface area contributed by atoms with Crippen molar-refractivity contribution in [2.75, 3.05) is 18.4 Å². The van der Waals surface area contributed by atoms with E-state index in [9.17, 15) is 0 Å². The molecule has 0 aromatic carbocycles. The zero-order valence-corrected chi connectivity index (χ0v) is 9.75. The van der Waals surface area contributed by atoms with Crippen LogP contribution in [0.2, 0.25) is 0 Å². The van der Waals surface area contributed by atoms with Crippen LogP contribution in [0, 0.1) is 5.92 Å². The van der Waals surface area contributed by atoms with Crippen molar-refractivity contribution < 1.29 is 0 Å². The van der Waals surface area contributed by atoms with E-state index in [1.165, 1.54) is 0 Å². The zero-order valence-electron chi connectivity index (χ0n) is 9.75. The summed E-state index contributed by atoms with van der Waals surface area (Å²) in [5.41, 5.74) is 0.984. The normalized spacial score (nSPS) is 10.7. The van der Waals surface area contributed by atoms with E-state index < -0.39 is 0 Å². The molecule has 0 unspecified atom stereocenters. The Hall–Kier alpha value is -1.16. The minimum absolute atomic E-state index is 0.666. The summed E-state index contributed by atoms with van der Waals surface area (Å²) >= 11 is 0. The highest BCUT2D eigenvalue weighted by Crippen LogP contribution is 2.00. The first-order chi connectivity index (χ1) is 7.22. The van der Waals surface area contributed by atoms with Gasteiger partial charge < -0.3 is 10.6 Å². The molecule has 0 saturated carbocycles. The topological polar surface area (TPSA) is 49.8 Å². The molecule has 0 aliphatic rings. The summed E-state index contributed by atoms with van der Waals surface area (Å²) in [6.45, 7) is 9.09. The molecule has 84 valence electrons. The van der Waals surface area contributed by atoms with E-state index in [0.29, 0.717) is 5.92 Å². The van der Waals surface area contributed by atoms with Gasteiger partial charge >= 0.3 is 0 Å². The Morgan fingerprint density at radius 1 is 1.27 bits per heavy atom. The summed E-state index contributed by atoms with van der Waals surface area (Å²) in [4.78, 5) is 8.56. The highest BCUT2D eigenvalue weighted by atomic mass is 15.0. The molecule has 0 fully saturated rings. The van der Waals surface area contributed by atoms with Crippen LogP contribution < -0.4 is 10.6 Å². The first-order valence-electron chi connectivity index (χ1n) is 5.48. The maximum Gasteiger partial charge on any atom is 0.144 e. The van der Waals surface area contributed by atoms with Gasteiger partial charge in [-0.2, -0.15) is 0 Å². The molecule has 0 spiro atoms. The van der Waals surface area contributed by atoms with E-state index in [4.69, 9.17) is 0 Å². The van der Waals surface area contributed by atoms with Crippen molar-refractivity contribution in [3.05, 3.63) is 18.1 Å². The number of hydrogen-bond acceptors (Lipinski definition) is 4. The lowest BCUT2D eigenvalue weighted by Crippen LogP contribution is -2.19. The van der Waals surface area contributed by atoms with Gasteiger partial charge in [-0.1, -0.05) is 13.8 Å². The molecule has 2 N–H and O–H groups in total. The fourth-order valence-electron chi connectivity index (χ4n) is 1.21. The van der Waals surface area contributed by atoms with Crippen LogP contribution >= 0.6 is 0 Å². The summed E-state index contributed by atoms with van der Waals surface area (Å²) < 4.78 is 0. The van der Waals surface area contributed by atoms with Gasteiger partial charge in [-0.25, -0.2) is 4.98 Å². The third kappa shape index (κ3) is 4.74. The van der Waals surface area contributed by atoms with E-state index >= 15 is 0 Å². The lowest BCUT2D eigenvalue weighted by Gasteiger charge is -2.07. The Kier molecular flexibility index (Phi) is 5.04. The molecule has 4 heteroatoms. The van der Waals surface area contributed by atoms with E-state index in [1.807, 2.05) is 13.1 Å². The van der Waals surface area contributed by atoms with Crippen molar-refractivity contribution in [1.29, 1.82) is 0 Å². The molecule has 0 aliphatic carbocycles. The summed E-state index contributed by atoms with van der Waals surface area (Å²) in [5.74, 6) is 1.50. The van der Waals surface area contributed by atoms with Crippen molar-refractivity contribution >= 4 is 5.82 Å². The molecule has 1 rings (SSSR count). The molecule has 0 radical (unpaired) electrons. The zero-order chi connectivity index (χ0) is 11.1. The van der Waals surface area contributed by atoms with E-state index in [2.05, 4.69) is 34.4 Å². The van der Waals surface area contributed by atoms with Crippen LogP contribution in [0.25, 0.3) is 0 Å². The number of nitrogens with one attached hydrogen (secondary N) is 2. The predicted octanol–water partition coefficient (Wildman–Crippen LogP) is 1.65. The molecule has 0 bridgehead atoms. The average molecular weight is 208 g/mol. The van der Waals surface area contributed by atoms with Gasteiger partial charge in [0.1, 0.15) is 5.82 Å². The Morgan fingerprint density at radius 2 is 2.07 bits per heavy atom. The second-order valence-corrected chi connectivity index (χ2v) is 3.95. The quantitative estimate of drug-likeness (QED) is 0.746. The second kappa shape index (κ2) is 6.35. The molecular formula is C11H20N4.